The molecule has 1 aliphatic rings. The first kappa shape index (κ1) is 16.9. The summed E-state index contributed by atoms with van der Waals surface area (Å²) in [6.45, 7) is -0.0322. The van der Waals surface area contributed by atoms with Crippen LogP contribution in [0.15, 0.2) is 22.8 Å². The molecule has 22 heavy (non-hydrogen) atoms. The number of carbonyl (C=O) groups excluding carboxylic acids is 2. The van der Waals surface area contributed by atoms with Crippen LogP contribution in [0.25, 0.3) is 0 Å². The fraction of sp³-hybridized carbons (Fsp3) is 0.533. The lowest BCUT2D eigenvalue weighted by atomic mass is 9.81. The molecule has 3 N–H and O–H groups in total. The number of likely N-dealkylation sites (N-methyl/N-ethyl adjacent to an activating group) is 1. The Labute approximate surface area is 138 Å². The Morgan fingerprint density at radius 1 is 1.36 bits per heavy atom. The second kappa shape index (κ2) is 7.19. The van der Waals surface area contributed by atoms with Crippen molar-refractivity contribution in [2.75, 3.05) is 18.9 Å². The van der Waals surface area contributed by atoms with Crippen molar-refractivity contribution in [3.63, 3.8) is 0 Å². The van der Waals surface area contributed by atoms with E-state index in [1.807, 2.05) is 0 Å². The first-order valence-electron chi connectivity index (χ1n) is 7.36. The number of carbonyl (C=O) groups is 2. The summed E-state index contributed by atoms with van der Waals surface area (Å²) in [5.41, 5.74) is 5.39. The first-order chi connectivity index (χ1) is 10.4. The third kappa shape index (κ3) is 4.27. The van der Waals surface area contributed by atoms with Crippen LogP contribution in [-0.2, 0) is 9.59 Å². The van der Waals surface area contributed by atoms with Crippen LogP contribution < -0.4 is 11.1 Å². The van der Waals surface area contributed by atoms with Crippen LogP contribution in [0.4, 0.5) is 5.82 Å². The number of nitrogens with zero attached hydrogens (tertiary/aromatic N) is 2. The average Bonchev–Trinajstić information content (AvgIpc) is 2.49. The molecule has 0 aliphatic heterocycles. The van der Waals surface area contributed by atoms with Gasteiger partial charge >= 0.3 is 0 Å². The molecule has 1 aromatic heterocycles. The van der Waals surface area contributed by atoms with Gasteiger partial charge in [-0.15, -0.1) is 0 Å². The van der Waals surface area contributed by atoms with E-state index in [-0.39, 0.29) is 18.4 Å². The highest BCUT2D eigenvalue weighted by Crippen LogP contribution is 2.27. The zero-order valence-electron chi connectivity index (χ0n) is 12.6. The highest BCUT2D eigenvalue weighted by atomic mass is 79.9. The van der Waals surface area contributed by atoms with E-state index in [9.17, 15) is 9.59 Å². The third-order valence-corrected chi connectivity index (χ3v) is 4.36. The van der Waals surface area contributed by atoms with Gasteiger partial charge in [0, 0.05) is 17.7 Å². The number of anilines is 1. The van der Waals surface area contributed by atoms with Gasteiger partial charge in [-0.3, -0.25) is 9.59 Å². The Bertz CT molecular complexity index is 541. The highest BCUT2D eigenvalue weighted by molar-refractivity contribution is 9.10. The van der Waals surface area contributed by atoms with Gasteiger partial charge in [0.15, 0.2) is 0 Å². The van der Waals surface area contributed by atoms with Crippen LogP contribution in [0.3, 0.4) is 0 Å². The van der Waals surface area contributed by atoms with Gasteiger partial charge in [0.05, 0.1) is 12.1 Å². The molecule has 1 aromatic rings. The minimum absolute atomic E-state index is 0.0322. The van der Waals surface area contributed by atoms with E-state index in [0.717, 1.165) is 23.7 Å². The lowest BCUT2D eigenvalue weighted by Crippen LogP contribution is -2.56. The molecule has 0 bridgehead atoms. The average molecular weight is 369 g/mol. The monoisotopic (exact) mass is 368 g/mol. The van der Waals surface area contributed by atoms with E-state index in [1.165, 1.54) is 4.90 Å². The summed E-state index contributed by atoms with van der Waals surface area (Å²) in [6, 6.07) is 3.48. The zero-order chi connectivity index (χ0) is 16.2. The standard InChI is InChI=1S/C15H21BrN4O2/c1-20(14(22)15(17)7-3-2-4-8-15)10-13(21)19-12-6-5-11(16)9-18-12/h5-6,9H,2-4,7-8,10,17H2,1H3,(H,18,19,21). The van der Waals surface area contributed by atoms with Crippen molar-refractivity contribution in [1.82, 2.24) is 9.88 Å². The molecule has 0 spiro atoms. The Balaban J connectivity index is 1.90. The molecular weight excluding hydrogens is 348 g/mol. The number of amides is 2. The second-order valence-corrected chi connectivity index (χ2v) is 6.70. The number of aromatic nitrogens is 1. The topological polar surface area (TPSA) is 88.3 Å². The number of hydrogen-bond donors (Lipinski definition) is 2. The lowest BCUT2D eigenvalue weighted by Gasteiger charge is -2.35. The molecule has 0 saturated heterocycles. The van der Waals surface area contributed by atoms with Gasteiger partial charge < -0.3 is 16.0 Å². The summed E-state index contributed by atoms with van der Waals surface area (Å²) >= 11 is 3.28. The van der Waals surface area contributed by atoms with Crippen molar-refractivity contribution in [1.29, 1.82) is 0 Å². The molecule has 1 heterocycles. The van der Waals surface area contributed by atoms with Crippen molar-refractivity contribution in [3.05, 3.63) is 22.8 Å². The van der Waals surface area contributed by atoms with Crippen LogP contribution in [0.1, 0.15) is 32.1 Å². The van der Waals surface area contributed by atoms with E-state index in [2.05, 4.69) is 26.2 Å². The molecule has 0 aromatic carbocycles. The van der Waals surface area contributed by atoms with Crippen molar-refractivity contribution >= 4 is 33.6 Å². The lowest BCUT2D eigenvalue weighted by molar-refractivity contribution is -0.139. The molecule has 7 heteroatoms. The van der Waals surface area contributed by atoms with Gasteiger partial charge in [-0.05, 0) is 40.9 Å². The molecule has 6 nitrogen and oxygen atoms in total. The van der Waals surface area contributed by atoms with Crippen molar-refractivity contribution in [2.45, 2.75) is 37.6 Å². The molecule has 1 aliphatic carbocycles. The Morgan fingerprint density at radius 3 is 2.64 bits per heavy atom. The maximum absolute atomic E-state index is 12.5. The molecule has 0 atom stereocenters. The van der Waals surface area contributed by atoms with Crippen LogP contribution in [0, 0.1) is 0 Å². The fourth-order valence-corrected chi connectivity index (χ4v) is 2.93. The largest absolute Gasteiger partial charge is 0.335 e. The number of nitrogens with two attached hydrogens (primary N) is 1. The highest BCUT2D eigenvalue weighted by Gasteiger charge is 2.37. The Kier molecular flexibility index (Phi) is 5.52. The summed E-state index contributed by atoms with van der Waals surface area (Å²) < 4.78 is 0.833. The summed E-state index contributed by atoms with van der Waals surface area (Å²) in [5, 5.41) is 2.66. The number of rotatable bonds is 4. The first-order valence-corrected chi connectivity index (χ1v) is 8.16. The second-order valence-electron chi connectivity index (χ2n) is 5.79. The van der Waals surface area contributed by atoms with E-state index in [1.54, 1.807) is 25.4 Å². The normalized spacial score (nSPS) is 16.9. The fourth-order valence-electron chi connectivity index (χ4n) is 2.70. The molecule has 120 valence electrons. The van der Waals surface area contributed by atoms with E-state index in [0.29, 0.717) is 18.7 Å². The van der Waals surface area contributed by atoms with E-state index < -0.39 is 5.54 Å². The number of pyridine rings is 1. The van der Waals surface area contributed by atoms with Crippen molar-refractivity contribution < 1.29 is 9.59 Å². The maximum atomic E-state index is 12.5. The van der Waals surface area contributed by atoms with Gasteiger partial charge in [-0.1, -0.05) is 19.3 Å². The molecular formula is C15H21BrN4O2. The number of nitrogens with one attached hydrogen (secondary N) is 1. The van der Waals surface area contributed by atoms with Gasteiger partial charge in [0.1, 0.15) is 5.82 Å². The molecule has 1 fully saturated rings. The van der Waals surface area contributed by atoms with Crippen molar-refractivity contribution in [2.24, 2.45) is 5.73 Å². The van der Waals surface area contributed by atoms with Crippen LogP contribution in [0.2, 0.25) is 0 Å². The minimum atomic E-state index is -0.816. The van der Waals surface area contributed by atoms with E-state index in [4.69, 9.17) is 5.73 Å². The maximum Gasteiger partial charge on any atom is 0.245 e. The molecule has 2 rings (SSSR count). The van der Waals surface area contributed by atoms with Crippen LogP contribution in [0.5, 0.6) is 0 Å². The predicted octanol–water partition coefficient (Wildman–Crippen LogP) is 1.90. The van der Waals surface area contributed by atoms with Gasteiger partial charge in [0.25, 0.3) is 0 Å². The summed E-state index contributed by atoms with van der Waals surface area (Å²) in [5.74, 6) is 0.00498. The Morgan fingerprint density at radius 2 is 2.05 bits per heavy atom. The SMILES string of the molecule is CN(CC(=O)Nc1ccc(Br)cn1)C(=O)C1(N)CCCCC1. The summed E-state index contributed by atoms with van der Waals surface area (Å²) in [7, 11) is 1.61. The Hall–Kier alpha value is -1.47. The molecule has 0 radical (unpaired) electrons. The quantitative estimate of drug-likeness (QED) is 0.849. The molecule has 1 saturated carbocycles. The van der Waals surface area contributed by atoms with Gasteiger partial charge in [0.2, 0.25) is 11.8 Å². The summed E-state index contributed by atoms with van der Waals surface area (Å²) in [4.78, 5) is 29.9. The molecule has 0 unspecified atom stereocenters. The number of hydrogen-bond acceptors (Lipinski definition) is 4. The van der Waals surface area contributed by atoms with E-state index >= 15 is 0 Å². The third-order valence-electron chi connectivity index (χ3n) is 3.89. The molecule has 2 amide bonds. The predicted molar refractivity (Wildman–Crippen MR) is 88.2 cm³/mol. The summed E-state index contributed by atoms with van der Waals surface area (Å²) in [6.07, 6.45) is 6.02. The van der Waals surface area contributed by atoms with Crippen molar-refractivity contribution in [3.8, 4) is 0 Å². The van der Waals surface area contributed by atoms with Gasteiger partial charge in [-0.25, -0.2) is 4.98 Å². The smallest absolute Gasteiger partial charge is 0.245 e. The van der Waals surface area contributed by atoms with Crippen LogP contribution >= 0.6 is 15.9 Å². The van der Waals surface area contributed by atoms with Gasteiger partial charge in [-0.2, -0.15) is 0 Å². The minimum Gasteiger partial charge on any atom is -0.335 e. The zero-order valence-corrected chi connectivity index (χ0v) is 14.2. The number of halogens is 1. The van der Waals surface area contributed by atoms with Crippen LogP contribution in [-0.4, -0.2) is 40.8 Å².